The number of hydrogen-bond donors (Lipinski definition) is 0. The maximum atomic E-state index is 12.5. The van der Waals surface area contributed by atoms with Crippen LogP contribution in [0.2, 0.25) is 0 Å². The first-order valence-electron chi connectivity index (χ1n) is 9.38. The van der Waals surface area contributed by atoms with Crippen LogP contribution in [0.15, 0.2) is 42.5 Å². The molecule has 2 aromatic carbocycles. The molecule has 0 atom stereocenters. The van der Waals surface area contributed by atoms with Crippen molar-refractivity contribution in [3.8, 4) is 10.9 Å². The highest BCUT2D eigenvalue weighted by atomic mass is 32.1. The fourth-order valence-electron chi connectivity index (χ4n) is 2.85. The van der Waals surface area contributed by atoms with E-state index in [9.17, 15) is 4.79 Å². The summed E-state index contributed by atoms with van der Waals surface area (Å²) in [6.07, 6.45) is 1.01. The predicted molar refractivity (Wildman–Crippen MR) is 113 cm³/mol. The zero-order valence-electron chi connectivity index (χ0n) is 16.7. The third-order valence-electron chi connectivity index (χ3n) is 4.78. The van der Waals surface area contributed by atoms with Crippen LogP contribution in [0.25, 0.3) is 0 Å². The minimum Gasteiger partial charge on any atom is -0.430 e. The van der Waals surface area contributed by atoms with Crippen molar-refractivity contribution in [2.24, 2.45) is 0 Å². The SMILES string of the molecule is CCN(C)CCc1cc(C)c(Oc2nc(C(=O)c3ccccc3)ns2)cc1C. The van der Waals surface area contributed by atoms with E-state index in [0.717, 1.165) is 42.4 Å². The van der Waals surface area contributed by atoms with E-state index in [-0.39, 0.29) is 11.6 Å². The predicted octanol–water partition coefficient (Wildman–Crippen LogP) is 4.67. The van der Waals surface area contributed by atoms with Crippen LogP contribution in [-0.4, -0.2) is 40.2 Å². The van der Waals surface area contributed by atoms with Gasteiger partial charge in [0.15, 0.2) is 0 Å². The van der Waals surface area contributed by atoms with Gasteiger partial charge in [0, 0.05) is 23.6 Å². The number of ether oxygens (including phenoxy) is 1. The summed E-state index contributed by atoms with van der Waals surface area (Å²) in [7, 11) is 2.13. The summed E-state index contributed by atoms with van der Waals surface area (Å²) in [4.78, 5) is 19.0. The van der Waals surface area contributed by atoms with Crippen molar-refractivity contribution >= 4 is 17.3 Å². The highest BCUT2D eigenvalue weighted by molar-refractivity contribution is 7.07. The van der Waals surface area contributed by atoms with Crippen molar-refractivity contribution in [3.63, 3.8) is 0 Å². The summed E-state index contributed by atoms with van der Waals surface area (Å²) in [6.45, 7) is 8.35. The molecule has 0 unspecified atom stereocenters. The molecule has 5 nitrogen and oxygen atoms in total. The number of carbonyl (C=O) groups is 1. The number of rotatable bonds is 8. The normalized spacial score (nSPS) is 11.0. The van der Waals surface area contributed by atoms with Crippen molar-refractivity contribution in [3.05, 3.63) is 70.5 Å². The van der Waals surface area contributed by atoms with Crippen molar-refractivity contribution in [2.75, 3.05) is 20.1 Å². The first kappa shape index (κ1) is 20.2. The molecule has 0 saturated heterocycles. The molecule has 0 aliphatic carbocycles. The topological polar surface area (TPSA) is 55.3 Å². The number of nitrogens with zero attached hydrogens (tertiary/aromatic N) is 3. The number of carbonyl (C=O) groups excluding carboxylic acids is 1. The first-order chi connectivity index (χ1) is 13.5. The Morgan fingerprint density at radius 3 is 2.61 bits per heavy atom. The molecule has 0 amide bonds. The van der Waals surface area contributed by atoms with Crippen LogP contribution >= 0.6 is 11.5 Å². The third kappa shape index (κ3) is 4.82. The van der Waals surface area contributed by atoms with E-state index in [0.29, 0.717) is 10.8 Å². The standard InChI is InChI=1S/C22H25N3O2S/c1-5-25(4)12-11-18-13-16(3)19(14-15(18)2)27-22-23-21(24-28-22)20(26)17-9-7-6-8-10-17/h6-10,13-14H,5,11-12H2,1-4H3. The number of hydrogen-bond acceptors (Lipinski definition) is 6. The lowest BCUT2D eigenvalue weighted by atomic mass is 10.0. The molecule has 0 N–H and O–H groups in total. The average molecular weight is 396 g/mol. The van der Waals surface area contributed by atoms with Crippen LogP contribution in [0.5, 0.6) is 10.9 Å². The zero-order valence-corrected chi connectivity index (χ0v) is 17.5. The van der Waals surface area contributed by atoms with Crippen LogP contribution in [0.1, 0.15) is 39.8 Å². The summed E-state index contributed by atoms with van der Waals surface area (Å²) in [6, 6.07) is 13.2. The van der Waals surface area contributed by atoms with Crippen molar-refractivity contribution in [1.82, 2.24) is 14.3 Å². The highest BCUT2D eigenvalue weighted by Crippen LogP contribution is 2.29. The Balaban J connectivity index is 1.73. The van der Waals surface area contributed by atoms with Gasteiger partial charge in [-0.15, -0.1) is 0 Å². The molecule has 3 rings (SSSR count). The number of likely N-dealkylation sites (N-methyl/N-ethyl adjacent to an activating group) is 1. The quantitative estimate of drug-likeness (QED) is 0.519. The number of aryl methyl sites for hydroxylation is 2. The lowest BCUT2D eigenvalue weighted by Crippen LogP contribution is -2.20. The summed E-state index contributed by atoms with van der Waals surface area (Å²) >= 11 is 1.09. The lowest BCUT2D eigenvalue weighted by molar-refractivity contribution is 0.103. The molecule has 0 spiro atoms. The van der Waals surface area contributed by atoms with Gasteiger partial charge in [0.25, 0.3) is 5.19 Å². The maximum Gasteiger partial charge on any atom is 0.299 e. The van der Waals surface area contributed by atoms with E-state index in [2.05, 4.69) is 41.2 Å². The molecule has 3 aromatic rings. The fraction of sp³-hybridized carbons (Fsp3) is 0.318. The van der Waals surface area contributed by atoms with Gasteiger partial charge in [-0.05, 0) is 56.6 Å². The summed E-state index contributed by atoms with van der Waals surface area (Å²) in [5, 5.41) is 0.375. The molecule has 1 aromatic heterocycles. The molecule has 28 heavy (non-hydrogen) atoms. The summed E-state index contributed by atoms with van der Waals surface area (Å²) in [5.74, 6) is 0.717. The van der Waals surface area contributed by atoms with Crippen molar-refractivity contribution < 1.29 is 9.53 Å². The Kier molecular flexibility index (Phi) is 6.54. The smallest absolute Gasteiger partial charge is 0.299 e. The second-order valence-electron chi connectivity index (χ2n) is 6.87. The van der Waals surface area contributed by atoms with Crippen molar-refractivity contribution in [2.45, 2.75) is 27.2 Å². The fourth-order valence-corrected chi connectivity index (χ4v) is 3.40. The Labute approximate surface area is 170 Å². The molecule has 0 fully saturated rings. The second-order valence-corrected chi connectivity index (χ2v) is 7.59. The van der Waals surface area contributed by atoms with Crippen LogP contribution < -0.4 is 4.74 Å². The molecular weight excluding hydrogens is 370 g/mol. The van der Waals surface area contributed by atoms with Gasteiger partial charge in [0.1, 0.15) is 5.75 Å². The zero-order chi connectivity index (χ0) is 20.1. The minimum atomic E-state index is -0.199. The van der Waals surface area contributed by atoms with Gasteiger partial charge >= 0.3 is 0 Å². The summed E-state index contributed by atoms with van der Waals surface area (Å²) < 4.78 is 10.1. The van der Waals surface area contributed by atoms with Gasteiger partial charge in [-0.25, -0.2) is 0 Å². The maximum absolute atomic E-state index is 12.5. The van der Waals surface area contributed by atoms with E-state index in [1.54, 1.807) is 12.1 Å². The van der Waals surface area contributed by atoms with Gasteiger partial charge < -0.3 is 9.64 Å². The molecule has 0 radical (unpaired) electrons. The Bertz CT molecular complexity index is 954. The Morgan fingerprint density at radius 1 is 1.14 bits per heavy atom. The summed E-state index contributed by atoms with van der Waals surface area (Å²) in [5.41, 5.74) is 4.13. The van der Waals surface area contributed by atoms with Gasteiger partial charge in [0.2, 0.25) is 11.6 Å². The van der Waals surface area contributed by atoms with Crippen LogP contribution in [0.3, 0.4) is 0 Å². The average Bonchev–Trinajstić information content (AvgIpc) is 3.17. The minimum absolute atomic E-state index is 0.166. The monoisotopic (exact) mass is 395 g/mol. The number of aromatic nitrogens is 2. The largest absolute Gasteiger partial charge is 0.430 e. The van der Waals surface area contributed by atoms with Gasteiger partial charge in [0.05, 0.1) is 0 Å². The Hall–Kier alpha value is -2.57. The van der Waals surface area contributed by atoms with Crippen LogP contribution in [0, 0.1) is 13.8 Å². The van der Waals surface area contributed by atoms with E-state index >= 15 is 0 Å². The number of benzene rings is 2. The van der Waals surface area contributed by atoms with E-state index in [1.165, 1.54) is 11.1 Å². The molecule has 0 aliphatic heterocycles. The van der Waals surface area contributed by atoms with E-state index in [1.807, 2.05) is 31.2 Å². The van der Waals surface area contributed by atoms with Gasteiger partial charge in [-0.3, -0.25) is 4.79 Å². The lowest BCUT2D eigenvalue weighted by Gasteiger charge is -2.16. The second kappa shape index (κ2) is 9.08. The molecular formula is C22H25N3O2S. The molecule has 0 bridgehead atoms. The molecule has 6 heteroatoms. The number of ketones is 1. The molecule has 1 heterocycles. The molecule has 0 aliphatic rings. The van der Waals surface area contributed by atoms with Crippen LogP contribution in [-0.2, 0) is 6.42 Å². The van der Waals surface area contributed by atoms with E-state index in [4.69, 9.17) is 4.74 Å². The Morgan fingerprint density at radius 2 is 1.89 bits per heavy atom. The van der Waals surface area contributed by atoms with Gasteiger partial charge in [-0.2, -0.15) is 9.36 Å². The molecule has 0 saturated carbocycles. The van der Waals surface area contributed by atoms with Crippen LogP contribution in [0.4, 0.5) is 0 Å². The first-order valence-corrected chi connectivity index (χ1v) is 10.1. The highest BCUT2D eigenvalue weighted by Gasteiger charge is 2.17. The van der Waals surface area contributed by atoms with Gasteiger partial charge in [-0.1, -0.05) is 43.3 Å². The van der Waals surface area contributed by atoms with Crippen molar-refractivity contribution in [1.29, 1.82) is 0 Å². The third-order valence-corrected chi connectivity index (χ3v) is 5.37. The van der Waals surface area contributed by atoms with E-state index < -0.39 is 0 Å². The molecule has 146 valence electrons.